The van der Waals surface area contributed by atoms with Gasteiger partial charge in [-0.05, 0) is 25.7 Å². The van der Waals surface area contributed by atoms with Crippen LogP contribution in [0.2, 0.25) is 0 Å². The van der Waals surface area contributed by atoms with Crippen molar-refractivity contribution in [3.05, 3.63) is 0 Å². The number of hydrogen-bond donors (Lipinski definition) is 2. The molecule has 0 aromatic rings. The second-order valence-electron chi connectivity index (χ2n) is 5.45. The largest absolute Gasteiger partial charge is 0.375 e. The summed E-state index contributed by atoms with van der Waals surface area (Å²) in [6.07, 6.45) is 2.07. The first-order valence-electron chi connectivity index (χ1n) is 7.00. The molecule has 20 heavy (non-hydrogen) atoms. The van der Waals surface area contributed by atoms with Gasteiger partial charge in [0.25, 0.3) is 0 Å². The number of primary amides is 1. The third kappa shape index (κ3) is 4.33. The molecule has 7 heteroatoms. The molecule has 2 atom stereocenters. The standard InChI is InChI=1S/C13H23N3O3.ClH/c1-9-12(15-4-7-19-9)13(18)16-5-2-10(3-6-16)8-11(14)17;/h9-10,12,15H,2-8H2,1H3,(H2,14,17);1H/t9-,12+;/m1./s1. The fraction of sp³-hybridized carbons (Fsp3) is 0.846. The summed E-state index contributed by atoms with van der Waals surface area (Å²) >= 11 is 0. The van der Waals surface area contributed by atoms with Gasteiger partial charge in [-0.25, -0.2) is 0 Å². The number of ether oxygens (including phenoxy) is 1. The summed E-state index contributed by atoms with van der Waals surface area (Å²) in [5.41, 5.74) is 5.21. The van der Waals surface area contributed by atoms with Crippen molar-refractivity contribution in [2.45, 2.75) is 38.3 Å². The van der Waals surface area contributed by atoms with Gasteiger partial charge < -0.3 is 20.7 Å². The second kappa shape index (κ2) is 7.81. The molecule has 2 rings (SSSR count). The SMILES string of the molecule is C[C@H]1OCCN[C@@H]1C(=O)N1CCC(CC(N)=O)CC1.Cl. The average molecular weight is 306 g/mol. The minimum atomic E-state index is -0.249. The molecular formula is C13H24ClN3O3. The van der Waals surface area contributed by atoms with Gasteiger partial charge in [-0.3, -0.25) is 9.59 Å². The lowest BCUT2D eigenvalue weighted by Gasteiger charge is -2.37. The summed E-state index contributed by atoms with van der Waals surface area (Å²) < 4.78 is 5.50. The number of halogens is 1. The summed E-state index contributed by atoms with van der Waals surface area (Å²) in [5.74, 6) is 0.194. The molecule has 2 aliphatic heterocycles. The lowest BCUT2D eigenvalue weighted by molar-refractivity contribution is -0.140. The highest BCUT2D eigenvalue weighted by Gasteiger charge is 2.33. The lowest BCUT2D eigenvalue weighted by Crippen LogP contribution is -2.57. The van der Waals surface area contributed by atoms with Crippen LogP contribution in [0.15, 0.2) is 0 Å². The Morgan fingerprint density at radius 3 is 2.55 bits per heavy atom. The van der Waals surface area contributed by atoms with Gasteiger partial charge in [0, 0.05) is 26.1 Å². The maximum Gasteiger partial charge on any atom is 0.242 e. The Balaban J connectivity index is 0.00000200. The average Bonchev–Trinajstić information content (AvgIpc) is 2.39. The van der Waals surface area contributed by atoms with E-state index in [9.17, 15) is 9.59 Å². The van der Waals surface area contributed by atoms with E-state index in [0.29, 0.717) is 32.0 Å². The van der Waals surface area contributed by atoms with Crippen LogP contribution in [0.1, 0.15) is 26.2 Å². The fourth-order valence-electron chi connectivity index (χ4n) is 2.85. The van der Waals surface area contributed by atoms with Gasteiger partial charge in [-0.2, -0.15) is 0 Å². The van der Waals surface area contributed by atoms with E-state index in [2.05, 4.69) is 5.32 Å². The smallest absolute Gasteiger partial charge is 0.242 e. The number of likely N-dealkylation sites (tertiary alicyclic amines) is 1. The summed E-state index contributed by atoms with van der Waals surface area (Å²) in [5, 5.41) is 3.22. The number of carbonyl (C=O) groups is 2. The number of nitrogens with one attached hydrogen (secondary N) is 1. The molecule has 0 unspecified atom stereocenters. The molecule has 6 nitrogen and oxygen atoms in total. The zero-order valence-corrected chi connectivity index (χ0v) is 12.7. The van der Waals surface area contributed by atoms with Gasteiger partial charge in [0.15, 0.2) is 0 Å². The molecular weight excluding hydrogens is 282 g/mol. The monoisotopic (exact) mass is 305 g/mol. The highest BCUT2D eigenvalue weighted by atomic mass is 35.5. The number of morpholine rings is 1. The predicted octanol–water partition coefficient (Wildman–Crippen LogP) is -0.101. The molecule has 2 amide bonds. The first kappa shape index (κ1) is 17.2. The Morgan fingerprint density at radius 2 is 2.00 bits per heavy atom. The maximum absolute atomic E-state index is 12.4. The molecule has 2 heterocycles. The normalized spacial score (nSPS) is 27.8. The van der Waals surface area contributed by atoms with Crippen molar-refractivity contribution < 1.29 is 14.3 Å². The van der Waals surface area contributed by atoms with Crippen LogP contribution in [0.4, 0.5) is 0 Å². The van der Waals surface area contributed by atoms with E-state index in [0.717, 1.165) is 19.4 Å². The summed E-state index contributed by atoms with van der Waals surface area (Å²) in [6.45, 7) is 4.72. The molecule has 2 fully saturated rings. The molecule has 0 aliphatic carbocycles. The minimum Gasteiger partial charge on any atom is -0.375 e. The van der Waals surface area contributed by atoms with E-state index in [4.69, 9.17) is 10.5 Å². The van der Waals surface area contributed by atoms with Crippen LogP contribution in [0.5, 0.6) is 0 Å². The molecule has 2 saturated heterocycles. The van der Waals surface area contributed by atoms with Crippen LogP contribution in [0.25, 0.3) is 0 Å². The molecule has 0 bridgehead atoms. The molecule has 0 radical (unpaired) electrons. The lowest BCUT2D eigenvalue weighted by atomic mass is 9.92. The zero-order valence-electron chi connectivity index (χ0n) is 11.8. The number of carbonyl (C=O) groups excluding carboxylic acids is 2. The van der Waals surface area contributed by atoms with Gasteiger partial charge >= 0.3 is 0 Å². The Hall–Kier alpha value is -0.850. The highest BCUT2D eigenvalue weighted by Crippen LogP contribution is 2.21. The number of nitrogens with two attached hydrogens (primary N) is 1. The van der Waals surface area contributed by atoms with Crippen molar-refractivity contribution in [2.24, 2.45) is 11.7 Å². The summed E-state index contributed by atoms with van der Waals surface area (Å²) in [4.78, 5) is 25.1. The Kier molecular flexibility index (Phi) is 6.71. The van der Waals surface area contributed by atoms with Gasteiger partial charge in [0.1, 0.15) is 6.04 Å². The van der Waals surface area contributed by atoms with Crippen LogP contribution >= 0.6 is 12.4 Å². The number of rotatable bonds is 3. The van der Waals surface area contributed by atoms with Crippen LogP contribution < -0.4 is 11.1 Å². The van der Waals surface area contributed by atoms with E-state index in [1.165, 1.54) is 0 Å². The molecule has 116 valence electrons. The van der Waals surface area contributed by atoms with Gasteiger partial charge in [-0.15, -0.1) is 12.4 Å². The summed E-state index contributed by atoms with van der Waals surface area (Å²) in [7, 11) is 0. The topological polar surface area (TPSA) is 84.7 Å². The van der Waals surface area contributed by atoms with Crippen LogP contribution in [0.3, 0.4) is 0 Å². The van der Waals surface area contributed by atoms with E-state index in [1.807, 2.05) is 11.8 Å². The number of hydrogen-bond acceptors (Lipinski definition) is 4. The van der Waals surface area contributed by atoms with Gasteiger partial charge in [-0.1, -0.05) is 0 Å². The minimum absolute atomic E-state index is 0. The van der Waals surface area contributed by atoms with Gasteiger partial charge in [0.2, 0.25) is 11.8 Å². The first-order chi connectivity index (χ1) is 9.08. The molecule has 0 spiro atoms. The Labute approximate surface area is 125 Å². The second-order valence-corrected chi connectivity index (χ2v) is 5.45. The van der Waals surface area contributed by atoms with Crippen molar-refractivity contribution in [3.8, 4) is 0 Å². The molecule has 2 aliphatic rings. The predicted molar refractivity (Wildman–Crippen MR) is 77.6 cm³/mol. The third-order valence-corrected chi connectivity index (χ3v) is 4.00. The Morgan fingerprint density at radius 1 is 1.35 bits per heavy atom. The molecule has 0 aromatic heterocycles. The molecule has 0 aromatic carbocycles. The zero-order chi connectivity index (χ0) is 13.8. The number of piperidine rings is 1. The quantitative estimate of drug-likeness (QED) is 0.762. The van der Waals surface area contributed by atoms with Crippen LogP contribution in [-0.4, -0.2) is 55.1 Å². The summed E-state index contributed by atoms with van der Waals surface area (Å²) in [6, 6.07) is -0.235. The van der Waals surface area contributed by atoms with Crippen molar-refractivity contribution in [2.75, 3.05) is 26.2 Å². The third-order valence-electron chi connectivity index (χ3n) is 4.00. The van der Waals surface area contributed by atoms with Crippen molar-refractivity contribution in [1.82, 2.24) is 10.2 Å². The van der Waals surface area contributed by atoms with E-state index >= 15 is 0 Å². The van der Waals surface area contributed by atoms with E-state index in [-0.39, 0.29) is 36.4 Å². The van der Waals surface area contributed by atoms with Crippen LogP contribution in [0, 0.1) is 5.92 Å². The highest BCUT2D eigenvalue weighted by molar-refractivity contribution is 5.85. The van der Waals surface area contributed by atoms with Crippen molar-refractivity contribution in [3.63, 3.8) is 0 Å². The maximum atomic E-state index is 12.4. The van der Waals surface area contributed by atoms with Crippen molar-refractivity contribution in [1.29, 1.82) is 0 Å². The first-order valence-corrected chi connectivity index (χ1v) is 7.00. The molecule has 0 saturated carbocycles. The van der Waals surface area contributed by atoms with Gasteiger partial charge in [0.05, 0.1) is 12.7 Å². The van der Waals surface area contributed by atoms with Crippen molar-refractivity contribution >= 4 is 24.2 Å². The number of amides is 2. The Bertz CT molecular complexity index is 346. The molecule has 3 N–H and O–H groups in total. The van der Waals surface area contributed by atoms with Crippen LogP contribution in [-0.2, 0) is 14.3 Å². The van der Waals surface area contributed by atoms with E-state index in [1.54, 1.807) is 0 Å². The number of nitrogens with zero attached hydrogens (tertiary/aromatic N) is 1. The van der Waals surface area contributed by atoms with E-state index < -0.39 is 0 Å². The fourth-order valence-corrected chi connectivity index (χ4v) is 2.85.